The van der Waals surface area contributed by atoms with Gasteiger partial charge in [0.15, 0.2) is 0 Å². The lowest BCUT2D eigenvalue weighted by atomic mass is 9.96. The zero-order valence-electron chi connectivity index (χ0n) is 18.3. The lowest BCUT2D eigenvalue weighted by Gasteiger charge is -2.33. The van der Waals surface area contributed by atoms with Crippen molar-refractivity contribution in [2.24, 2.45) is 5.92 Å². The molecule has 4 rings (SSSR count). The lowest BCUT2D eigenvalue weighted by molar-refractivity contribution is -0.125. The smallest absolute Gasteiger partial charge is 0.263 e. The summed E-state index contributed by atoms with van der Waals surface area (Å²) in [6.07, 6.45) is 4.17. The second-order valence-electron chi connectivity index (χ2n) is 8.17. The third-order valence-electron chi connectivity index (χ3n) is 5.51. The first-order valence-electron chi connectivity index (χ1n) is 10.9. The Hall–Kier alpha value is -3.16. The maximum absolute atomic E-state index is 12.9. The number of nitrogens with zero attached hydrogens (tertiary/aromatic N) is 4. The van der Waals surface area contributed by atoms with Crippen LogP contribution in [0, 0.1) is 5.92 Å². The summed E-state index contributed by atoms with van der Waals surface area (Å²) in [5.74, 6) is 1.62. The van der Waals surface area contributed by atoms with Crippen molar-refractivity contribution >= 4 is 22.8 Å². The topological polar surface area (TPSA) is 93.4 Å². The molecule has 1 unspecified atom stereocenters. The number of nitrogens with one attached hydrogen (secondary N) is 1. The van der Waals surface area contributed by atoms with Crippen LogP contribution in [0.3, 0.4) is 0 Å². The molecule has 1 saturated heterocycles. The number of benzene rings is 1. The molecule has 8 heteroatoms. The number of hydrogen-bond donors (Lipinski definition) is 1. The zero-order chi connectivity index (χ0) is 21.8. The van der Waals surface area contributed by atoms with Crippen molar-refractivity contribution in [2.45, 2.75) is 52.7 Å². The minimum Gasteiger partial charge on any atom is -0.491 e. The molecular formula is C23H29N5O3. The van der Waals surface area contributed by atoms with E-state index in [4.69, 9.17) is 9.26 Å². The van der Waals surface area contributed by atoms with Crippen LogP contribution in [0.25, 0.3) is 11.1 Å². The molecule has 0 aliphatic carbocycles. The van der Waals surface area contributed by atoms with E-state index < -0.39 is 0 Å². The van der Waals surface area contributed by atoms with E-state index in [1.54, 1.807) is 0 Å². The number of amides is 1. The van der Waals surface area contributed by atoms with Gasteiger partial charge in [0, 0.05) is 19.6 Å². The van der Waals surface area contributed by atoms with Gasteiger partial charge in [0.2, 0.25) is 5.91 Å². The first kappa shape index (κ1) is 21.1. The monoisotopic (exact) mass is 423 g/mol. The van der Waals surface area contributed by atoms with Gasteiger partial charge in [0.25, 0.3) is 5.71 Å². The van der Waals surface area contributed by atoms with Crippen LogP contribution in [-0.4, -0.2) is 40.2 Å². The van der Waals surface area contributed by atoms with Gasteiger partial charge in [0.1, 0.15) is 23.3 Å². The van der Waals surface area contributed by atoms with E-state index in [1.165, 1.54) is 6.33 Å². The fourth-order valence-corrected chi connectivity index (χ4v) is 3.98. The molecule has 1 aliphatic rings. The largest absolute Gasteiger partial charge is 0.491 e. The maximum atomic E-state index is 12.9. The number of piperidine rings is 1. The Bertz CT molecular complexity index is 1030. The summed E-state index contributed by atoms with van der Waals surface area (Å²) < 4.78 is 11.0. The van der Waals surface area contributed by atoms with Crippen LogP contribution in [-0.2, 0) is 17.8 Å². The Morgan fingerprint density at radius 3 is 2.84 bits per heavy atom. The number of anilines is 1. The van der Waals surface area contributed by atoms with Gasteiger partial charge < -0.3 is 19.5 Å². The highest BCUT2D eigenvalue weighted by Crippen LogP contribution is 2.30. The Morgan fingerprint density at radius 2 is 2.10 bits per heavy atom. The fraction of sp³-hybridized carbons (Fsp3) is 0.478. The maximum Gasteiger partial charge on any atom is 0.263 e. The van der Waals surface area contributed by atoms with Crippen molar-refractivity contribution in [1.82, 2.24) is 20.4 Å². The molecule has 1 fully saturated rings. The van der Waals surface area contributed by atoms with E-state index in [1.807, 2.05) is 45.0 Å². The van der Waals surface area contributed by atoms with Crippen LogP contribution in [0.4, 0.5) is 5.82 Å². The SMILES string of the molecule is CCc1noc2ncnc(N3CCCC(C(=O)NCc4ccc(OC(C)C)cc4)C3)c12. The molecule has 1 aliphatic heterocycles. The van der Waals surface area contributed by atoms with Crippen LogP contribution < -0.4 is 15.0 Å². The third-order valence-corrected chi connectivity index (χ3v) is 5.51. The summed E-state index contributed by atoms with van der Waals surface area (Å²) in [7, 11) is 0. The summed E-state index contributed by atoms with van der Waals surface area (Å²) in [5, 5.41) is 8.06. The van der Waals surface area contributed by atoms with Gasteiger partial charge in [-0.25, -0.2) is 4.98 Å². The highest BCUT2D eigenvalue weighted by molar-refractivity contribution is 5.88. The fourth-order valence-electron chi connectivity index (χ4n) is 3.98. The average Bonchev–Trinajstić information content (AvgIpc) is 3.21. The molecule has 1 amide bonds. The molecule has 1 aromatic carbocycles. The number of ether oxygens (including phenoxy) is 1. The highest BCUT2D eigenvalue weighted by atomic mass is 16.5. The van der Waals surface area contributed by atoms with Crippen LogP contribution in [0.1, 0.15) is 44.9 Å². The van der Waals surface area contributed by atoms with E-state index in [9.17, 15) is 4.79 Å². The molecule has 2 aromatic heterocycles. The number of fused-ring (bicyclic) bond motifs is 1. The number of aromatic nitrogens is 3. The van der Waals surface area contributed by atoms with Gasteiger partial charge in [-0.2, -0.15) is 4.98 Å². The second kappa shape index (κ2) is 9.32. The lowest BCUT2D eigenvalue weighted by Crippen LogP contribution is -2.43. The van der Waals surface area contributed by atoms with E-state index in [0.29, 0.717) is 18.8 Å². The molecule has 1 N–H and O–H groups in total. The van der Waals surface area contributed by atoms with Crippen LogP contribution in [0.15, 0.2) is 35.1 Å². The predicted molar refractivity (Wildman–Crippen MR) is 118 cm³/mol. The minimum atomic E-state index is -0.0905. The Balaban J connectivity index is 1.40. The number of carbonyl (C=O) groups is 1. The number of hydrogen-bond acceptors (Lipinski definition) is 7. The molecular weight excluding hydrogens is 394 g/mol. The summed E-state index contributed by atoms with van der Waals surface area (Å²) >= 11 is 0. The van der Waals surface area contributed by atoms with Crippen molar-refractivity contribution < 1.29 is 14.1 Å². The quantitative estimate of drug-likeness (QED) is 0.622. The molecule has 0 saturated carbocycles. The summed E-state index contributed by atoms with van der Waals surface area (Å²) in [4.78, 5) is 23.7. The van der Waals surface area contributed by atoms with Gasteiger partial charge in [-0.15, -0.1) is 0 Å². The Morgan fingerprint density at radius 1 is 1.29 bits per heavy atom. The molecule has 8 nitrogen and oxygen atoms in total. The first-order valence-corrected chi connectivity index (χ1v) is 10.9. The summed E-state index contributed by atoms with van der Waals surface area (Å²) in [5.41, 5.74) is 2.40. The molecule has 1 atom stereocenters. The Kier molecular flexibility index (Phi) is 6.34. The van der Waals surface area contributed by atoms with Gasteiger partial charge in [0.05, 0.1) is 17.7 Å². The van der Waals surface area contributed by atoms with E-state index in [0.717, 1.165) is 54.0 Å². The average molecular weight is 424 g/mol. The first-order chi connectivity index (χ1) is 15.0. The molecule has 3 heterocycles. The summed E-state index contributed by atoms with van der Waals surface area (Å²) in [6, 6.07) is 7.85. The van der Waals surface area contributed by atoms with Crippen molar-refractivity contribution in [3.05, 3.63) is 41.9 Å². The molecule has 0 radical (unpaired) electrons. The standard InChI is InChI=1S/C23H29N5O3/c1-4-19-20-21(25-14-26-23(20)31-27-19)28-11-5-6-17(13-28)22(29)24-12-16-7-9-18(10-8-16)30-15(2)3/h7-10,14-15,17H,4-6,11-13H2,1-3H3,(H,24,29). The second-order valence-corrected chi connectivity index (χ2v) is 8.17. The van der Waals surface area contributed by atoms with E-state index >= 15 is 0 Å². The minimum absolute atomic E-state index is 0.0681. The molecule has 0 spiro atoms. The Labute approximate surface area is 182 Å². The number of carbonyl (C=O) groups excluding carboxylic acids is 1. The molecule has 31 heavy (non-hydrogen) atoms. The van der Waals surface area contributed by atoms with Crippen molar-refractivity contribution in [3.8, 4) is 5.75 Å². The van der Waals surface area contributed by atoms with E-state index in [2.05, 4.69) is 25.3 Å². The zero-order valence-corrected chi connectivity index (χ0v) is 18.3. The van der Waals surface area contributed by atoms with Crippen molar-refractivity contribution in [3.63, 3.8) is 0 Å². The predicted octanol–water partition coefficient (Wildman–Crippen LogP) is 3.50. The van der Waals surface area contributed by atoms with Gasteiger partial charge in [-0.1, -0.05) is 24.2 Å². The number of rotatable bonds is 7. The molecule has 3 aromatic rings. The third kappa shape index (κ3) is 4.78. The van der Waals surface area contributed by atoms with Crippen LogP contribution in [0.5, 0.6) is 5.75 Å². The van der Waals surface area contributed by atoms with Crippen molar-refractivity contribution in [1.29, 1.82) is 0 Å². The van der Waals surface area contributed by atoms with Crippen LogP contribution in [0.2, 0.25) is 0 Å². The highest BCUT2D eigenvalue weighted by Gasteiger charge is 2.28. The van der Waals surface area contributed by atoms with Gasteiger partial charge in [-0.05, 0) is 50.8 Å². The van der Waals surface area contributed by atoms with E-state index in [-0.39, 0.29) is 17.9 Å². The molecule has 0 bridgehead atoms. The summed E-state index contributed by atoms with van der Waals surface area (Å²) in [6.45, 7) is 8.00. The number of aryl methyl sites for hydroxylation is 1. The van der Waals surface area contributed by atoms with Crippen LogP contribution >= 0.6 is 0 Å². The van der Waals surface area contributed by atoms with Crippen molar-refractivity contribution in [2.75, 3.05) is 18.0 Å². The van der Waals surface area contributed by atoms with Gasteiger partial charge in [-0.3, -0.25) is 4.79 Å². The molecule has 164 valence electrons. The normalized spacial score (nSPS) is 16.6. The van der Waals surface area contributed by atoms with Gasteiger partial charge >= 0.3 is 0 Å².